The van der Waals surface area contributed by atoms with E-state index >= 15 is 0 Å². The maximum atomic E-state index is 4.73. The smallest absolute Gasteiger partial charge is 0.229 e. The molecule has 2 fully saturated rings. The van der Waals surface area contributed by atoms with Crippen LogP contribution in [0.1, 0.15) is 39.0 Å². The monoisotopic (exact) mass is 351 g/mol. The molecule has 1 aromatic heterocycles. The van der Waals surface area contributed by atoms with Gasteiger partial charge in [-0.1, -0.05) is 6.92 Å². The summed E-state index contributed by atoms with van der Waals surface area (Å²) in [4.78, 5) is 14.0. The highest BCUT2D eigenvalue weighted by molar-refractivity contribution is 5.60. The van der Waals surface area contributed by atoms with E-state index in [0.717, 1.165) is 30.5 Å². The number of rotatable bonds is 4. The van der Waals surface area contributed by atoms with Crippen LogP contribution >= 0.6 is 0 Å². The van der Waals surface area contributed by atoms with E-state index in [9.17, 15) is 0 Å². The Bertz CT molecular complexity index is 709. The molecule has 138 valence electrons. The molecular weight excluding hydrogens is 322 g/mol. The Hall–Kier alpha value is -2.30. The van der Waals surface area contributed by atoms with Crippen molar-refractivity contribution in [1.29, 1.82) is 0 Å². The number of hydrogen-bond donors (Lipinski definition) is 1. The summed E-state index contributed by atoms with van der Waals surface area (Å²) in [5.41, 5.74) is 2.35. The highest BCUT2D eigenvalue weighted by Gasteiger charge is 2.18. The van der Waals surface area contributed by atoms with Crippen molar-refractivity contribution in [3.8, 4) is 0 Å². The Labute approximate surface area is 156 Å². The lowest BCUT2D eigenvalue weighted by Gasteiger charge is -2.31. The Morgan fingerprint density at radius 3 is 2.46 bits per heavy atom. The van der Waals surface area contributed by atoms with Crippen molar-refractivity contribution in [2.24, 2.45) is 5.92 Å². The van der Waals surface area contributed by atoms with Gasteiger partial charge in [0.15, 0.2) is 0 Å². The molecule has 0 aliphatic carbocycles. The van der Waals surface area contributed by atoms with Crippen LogP contribution in [-0.4, -0.2) is 36.1 Å². The first-order valence-corrected chi connectivity index (χ1v) is 9.98. The predicted octanol–water partition coefficient (Wildman–Crippen LogP) is 4.45. The molecule has 0 bridgehead atoms. The van der Waals surface area contributed by atoms with Gasteiger partial charge in [-0.3, -0.25) is 0 Å². The van der Waals surface area contributed by atoms with Crippen molar-refractivity contribution in [3.63, 3.8) is 0 Å². The number of nitrogens with zero attached hydrogens (tertiary/aromatic N) is 4. The topological polar surface area (TPSA) is 44.3 Å². The highest BCUT2D eigenvalue weighted by atomic mass is 15.2. The van der Waals surface area contributed by atoms with Gasteiger partial charge in [-0.05, 0) is 68.4 Å². The number of nitrogens with one attached hydrogen (secondary N) is 1. The van der Waals surface area contributed by atoms with Gasteiger partial charge in [-0.2, -0.15) is 4.98 Å². The molecule has 0 amide bonds. The Morgan fingerprint density at radius 1 is 0.923 bits per heavy atom. The largest absolute Gasteiger partial charge is 0.372 e. The van der Waals surface area contributed by atoms with Crippen LogP contribution in [0.15, 0.2) is 36.5 Å². The van der Waals surface area contributed by atoms with Crippen LogP contribution in [-0.2, 0) is 0 Å². The van der Waals surface area contributed by atoms with Gasteiger partial charge in [0.05, 0.1) is 0 Å². The summed E-state index contributed by atoms with van der Waals surface area (Å²) in [6, 6.07) is 10.7. The summed E-state index contributed by atoms with van der Waals surface area (Å²) in [5.74, 6) is 2.43. The van der Waals surface area contributed by atoms with Gasteiger partial charge in [0.1, 0.15) is 5.82 Å². The molecule has 1 N–H and O–H groups in total. The van der Waals surface area contributed by atoms with Crippen LogP contribution < -0.4 is 15.1 Å². The minimum Gasteiger partial charge on any atom is -0.372 e. The lowest BCUT2D eigenvalue weighted by molar-refractivity contribution is 0.444. The molecule has 0 radical (unpaired) electrons. The average Bonchev–Trinajstić information content (AvgIpc) is 2.69. The fourth-order valence-electron chi connectivity index (χ4n) is 4.02. The molecule has 0 saturated carbocycles. The first-order valence-electron chi connectivity index (χ1n) is 9.98. The lowest BCUT2D eigenvalue weighted by atomic mass is 10.0. The Kier molecular flexibility index (Phi) is 5.23. The third-order valence-corrected chi connectivity index (χ3v) is 5.47. The molecule has 4 rings (SSSR count). The summed E-state index contributed by atoms with van der Waals surface area (Å²) >= 11 is 0. The summed E-state index contributed by atoms with van der Waals surface area (Å²) in [6.45, 7) is 6.83. The van der Waals surface area contributed by atoms with Crippen molar-refractivity contribution in [2.75, 3.05) is 41.3 Å². The van der Waals surface area contributed by atoms with E-state index in [1.165, 1.54) is 50.9 Å². The zero-order chi connectivity index (χ0) is 17.8. The van der Waals surface area contributed by atoms with Gasteiger partial charge in [0, 0.05) is 43.8 Å². The molecule has 0 spiro atoms. The van der Waals surface area contributed by atoms with Gasteiger partial charge in [-0.15, -0.1) is 0 Å². The van der Waals surface area contributed by atoms with E-state index in [1.54, 1.807) is 0 Å². The van der Waals surface area contributed by atoms with E-state index in [0.29, 0.717) is 5.95 Å². The minimum absolute atomic E-state index is 0.673. The maximum absolute atomic E-state index is 4.73. The zero-order valence-corrected chi connectivity index (χ0v) is 15.7. The van der Waals surface area contributed by atoms with Gasteiger partial charge in [-0.25, -0.2) is 4.98 Å². The van der Waals surface area contributed by atoms with Crippen molar-refractivity contribution in [2.45, 2.75) is 39.0 Å². The van der Waals surface area contributed by atoms with Crippen LogP contribution in [0.5, 0.6) is 0 Å². The molecule has 26 heavy (non-hydrogen) atoms. The molecule has 5 heteroatoms. The maximum Gasteiger partial charge on any atom is 0.229 e. The van der Waals surface area contributed by atoms with E-state index in [1.807, 2.05) is 12.3 Å². The molecule has 3 heterocycles. The van der Waals surface area contributed by atoms with Crippen molar-refractivity contribution >= 4 is 23.1 Å². The van der Waals surface area contributed by atoms with Crippen molar-refractivity contribution in [1.82, 2.24) is 9.97 Å². The van der Waals surface area contributed by atoms with Crippen LogP contribution in [0.3, 0.4) is 0 Å². The van der Waals surface area contributed by atoms with E-state index in [-0.39, 0.29) is 0 Å². The molecule has 1 aromatic carbocycles. The Balaban J connectivity index is 1.43. The number of anilines is 4. The van der Waals surface area contributed by atoms with Crippen LogP contribution in [0.4, 0.5) is 23.1 Å². The predicted molar refractivity (Wildman–Crippen MR) is 108 cm³/mol. The van der Waals surface area contributed by atoms with Gasteiger partial charge in [0.25, 0.3) is 0 Å². The second kappa shape index (κ2) is 7.94. The molecule has 5 nitrogen and oxygen atoms in total. The number of hydrogen-bond acceptors (Lipinski definition) is 5. The Morgan fingerprint density at radius 2 is 1.69 bits per heavy atom. The summed E-state index contributed by atoms with van der Waals surface area (Å²) < 4.78 is 0. The number of aromatic nitrogens is 2. The average molecular weight is 351 g/mol. The lowest BCUT2D eigenvalue weighted by Crippen LogP contribution is -2.34. The third-order valence-electron chi connectivity index (χ3n) is 5.47. The summed E-state index contributed by atoms with van der Waals surface area (Å²) in [5, 5.41) is 3.36. The molecule has 2 saturated heterocycles. The van der Waals surface area contributed by atoms with E-state index in [4.69, 9.17) is 4.98 Å². The van der Waals surface area contributed by atoms with Crippen LogP contribution in [0.2, 0.25) is 0 Å². The van der Waals surface area contributed by atoms with Gasteiger partial charge < -0.3 is 15.1 Å². The zero-order valence-electron chi connectivity index (χ0n) is 15.7. The normalized spacial score (nSPS) is 20.9. The van der Waals surface area contributed by atoms with Crippen molar-refractivity contribution in [3.05, 3.63) is 36.5 Å². The second-order valence-electron chi connectivity index (χ2n) is 7.65. The second-order valence-corrected chi connectivity index (χ2v) is 7.65. The quantitative estimate of drug-likeness (QED) is 0.882. The number of piperidine rings is 2. The molecule has 2 aliphatic heterocycles. The fourth-order valence-corrected chi connectivity index (χ4v) is 4.02. The van der Waals surface area contributed by atoms with Crippen LogP contribution in [0, 0.1) is 5.92 Å². The minimum atomic E-state index is 0.673. The number of benzene rings is 1. The van der Waals surface area contributed by atoms with E-state index < -0.39 is 0 Å². The van der Waals surface area contributed by atoms with Gasteiger partial charge in [0.2, 0.25) is 5.95 Å². The molecule has 1 unspecified atom stereocenters. The standard InChI is InChI=1S/C21H29N5/c1-17-6-5-15-26(16-17)20-11-12-22-21(24-20)23-18-7-9-19(10-8-18)25-13-3-2-4-14-25/h7-12,17H,2-6,13-16H2,1H3,(H,22,23,24). The molecule has 2 aliphatic rings. The van der Waals surface area contributed by atoms with Gasteiger partial charge >= 0.3 is 0 Å². The molecular formula is C21H29N5. The molecule has 1 atom stereocenters. The third kappa shape index (κ3) is 4.09. The summed E-state index contributed by atoms with van der Waals surface area (Å²) in [6.07, 6.45) is 8.37. The SMILES string of the molecule is CC1CCCN(c2ccnc(Nc3ccc(N4CCCCC4)cc3)n2)C1. The summed E-state index contributed by atoms with van der Waals surface area (Å²) in [7, 11) is 0. The molecule has 2 aromatic rings. The highest BCUT2D eigenvalue weighted by Crippen LogP contribution is 2.25. The first kappa shape index (κ1) is 17.1. The first-order chi connectivity index (χ1) is 12.8. The fraction of sp³-hybridized carbons (Fsp3) is 0.524. The van der Waals surface area contributed by atoms with Crippen molar-refractivity contribution < 1.29 is 0 Å². The van der Waals surface area contributed by atoms with E-state index in [2.05, 4.69) is 51.3 Å². The van der Waals surface area contributed by atoms with Crippen LogP contribution in [0.25, 0.3) is 0 Å².